The van der Waals surface area contributed by atoms with Gasteiger partial charge in [-0.3, -0.25) is 4.79 Å². The van der Waals surface area contributed by atoms with Crippen molar-refractivity contribution in [1.29, 1.82) is 0 Å². The van der Waals surface area contributed by atoms with E-state index >= 15 is 0 Å². The van der Waals surface area contributed by atoms with E-state index < -0.39 is 0 Å². The van der Waals surface area contributed by atoms with E-state index in [1.165, 1.54) is 18.0 Å². The van der Waals surface area contributed by atoms with Gasteiger partial charge in [-0.15, -0.1) is 0 Å². The molecule has 0 atom stereocenters. The topological polar surface area (TPSA) is 68.5 Å². The Balaban J connectivity index is 1.38. The summed E-state index contributed by atoms with van der Waals surface area (Å²) in [6.45, 7) is 0.632. The first-order valence-electron chi connectivity index (χ1n) is 10.6. The Morgan fingerprint density at radius 2 is 1.88 bits per heavy atom. The molecule has 0 aliphatic rings. The molecule has 1 heterocycles. The summed E-state index contributed by atoms with van der Waals surface area (Å²) in [6, 6.07) is 23.3. The van der Waals surface area contributed by atoms with Gasteiger partial charge in [0.1, 0.15) is 5.75 Å². The van der Waals surface area contributed by atoms with E-state index in [9.17, 15) is 4.79 Å². The molecule has 4 rings (SSSR count). The Morgan fingerprint density at radius 1 is 1.12 bits per heavy atom. The summed E-state index contributed by atoms with van der Waals surface area (Å²) in [5.41, 5.74) is 6.48. The van der Waals surface area contributed by atoms with Crippen molar-refractivity contribution in [3.63, 3.8) is 0 Å². The number of aromatic nitrogens is 2. The minimum absolute atomic E-state index is 0.192. The SMILES string of the molecule is COc1ccccc1C=CC=NNC(=O)CSc1nc2ccccc2n1Cc1ccc(Cl)cc1. The van der Waals surface area contributed by atoms with Gasteiger partial charge in [-0.1, -0.05) is 65.8 Å². The molecule has 0 saturated heterocycles. The van der Waals surface area contributed by atoms with Crippen molar-refractivity contribution in [2.75, 3.05) is 12.9 Å². The quantitative estimate of drug-likeness (QED) is 0.187. The van der Waals surface area contributed by atoms with Crippen LogP contribution < -0.4 is 10.2 Å². The Morgan fingerprint density at radius 3 is 2.71 bits per heavy atom. The molecule has 0 radical (unpaired) electrons. The van der Waals surface area contributed by atoms with Crippen molar-refractivity contribution >= 4 is 52.6 Å². The van der Waals surface area contributed by atoms with Gasteiger partial charge in [-0.2, -0.15) is 5.10 Å². The van der Waals surface area contributed by atoms with Crippen LogP contribution in [0, 0.1) is 0 Å². The van der Waals surface area contributed by atoms with Crippen LogP contribution in [0.5, 0.6) is 5.75 Å². The number of methoxy groups -OCH3 is 1. The molecule has 0 fully saturated rings. The summed E-state index contributed by atoms with van der Waals surface area (Å²) in [6.07, 6.45) is 5.14. The molecule has 3 aromatic carbocycles. The molecular formula is C26H23ClN4O2S. The fourth-order valence-electron chi connectivity index (χ4n) is 3.35. The maximum Gasteiger partial charge on any atom is 0.250 e. The van der Waals surface area contributed by atoms with Crippen molar-refractivity contribution in [3.8, 4) is 5.75 Å². The fraction of sp³-hybridized carbons (Fsp3) is 0.115. The molecule has 1 aromatic heterocycles. The first kappa shape index (κ1) is 23.6. The third-order valence-electron chi connectivity index (χ3n) is 4.97. The molecule has 0 aliphatic heterocycles. The number of rotatable bonds is 9. The second-order valence-corrected chi connectivity index (χ2v) is 8.68. The smallest absolute Gasteiger partial charge is 0.250 e. The molecule has 4 aromatic rings. The summed E-state index contributed by atoms with van der Waals surface area (Å²) in [4.78, 5) is 17.0. The molecule has 172 valence electrons. The van der Waals surface area contributed by atoms with Gasteiger partial charge in [0.05, 0.1) is 30.4 Å². The number of hydrazone groups is 1. The molecular weight excluding hydrogens is 468 g/mol. The Hall–Kier alpha value is -3.55. The molecule has 0 unspecified atom stereocenters. The highest BCUT2D eigenvalue weighted by molar-refractivity contribution is 7.99. The van der Waals surface area contributed by atoms with Gasteiger partial charge in [-0.05, 0) is 48.0 Å². The maximum atomic E-state index is 12.3. The zero-order chi connectivity index (χ0) is 23.8. The van der Waals surface area contributed by atoms with Gasteiger partial charge in [0.25, 0.3) is 5.91 Å². The van der Waals surface area contributed by atoms with E-state index in [2.05, 4.69) is 15.1 Å². The number of allylic oxidation sites excluding steroid dienone is 1. The van der Waals surface area contributed by atoms with Crippen molar-refractivity contribution in [3.05, 3.63) is 95.0 Å². The van der Waals surface area contributed by atoms with Crippen LogP contribution in [0.15, 0.2) is 89.1 Å². The third kappa shape index (κ3) is 6.07. The monoisotopic (exact) mass is 490 g/mol. The summed E-state index contributed by atoms with van der Waals surface area (Å²) < 4.78 is 7.41. The molecule has 1 N–H and O–H groups in total. The van der Waals surface area contributed by atoms with Crippen LogP contribution in [0.3, 0.4) is 0 Å². The number of amides is 1. The number of nitrogens with one attached hydrogen (secondary N) is 1. The number of carbonyl (C=O) groups is 1. The maximum absolute atomic E-state index is 12.3. The lowest BCUT2D eigenvalue weighted by Gasteiger charge is -2.09. The molecule has 34 heavy (non-hydrogen) atoms. The van der Waals surface area contributed by atoms with Gasteiger partial charge in [0.2, 0.25) is 0 Å². The third-order valence-corrected chi connectivity index (χ3v) is 6.20. The molecule has 8 heteroatoms. The highest BCUT2D eigenvalue weighted by Crippen LogP contribution is 2.25. The normalized spacial score (nSPS) is 11.5. The standard InChI is InChI=1S/C26H23ClN4O2S/c1-33-24-11-5-2-7-20(24)8-6-16-28-30-25(32)18-34-26-29-22-9-3-4-10-23(22)31(26)17-19-12-14-21(27)15-13-19/h2-16H,17-18H2,1H3,(H,30,32). The van der Waals surface area contributed by atoms with Crippen LogP contribution in [0.25, 0.3) is 17.1 Å². The minimum Gasteiger partial charge on any atom is -0.496 e. The van der Waals surface area contributed by atoms with Gasteiger partial charge in [0.15, 0.2) is 5.16 Å². The lowest BCUT2D eigenvalue weighted by atomic mass is 10.2. The van der Waals surface area contributed by atoms with E-state index in [0.717, 1.165) is 33.1 Å². The number of fused-ring (bicyclic) bond motifs is 1. The highest BCUT2D eigenvalue weighted by atomic mass is 35.5. The van der Waals surface area contributed by atoms with Crippen LogP contribution in [0.2, 0.25) is 5.02 Å². The number of benzene rings is 3. The number of imidazole rings is 1. The second kappa shape index (κ2) is 11.5. The zero-order valence-corrected chi connectivity index (χ0v) is 20.1. The highest BCUT2D eigenvalue weighted by Gasteiger charge is 2.13. The van der Waals surface area contributed by atoms with Gasteiger partial charge in [0, 0.05) is 16.8 Å². The van der Waals surface area contributed by atoms with Gasteiger partial charge in [-0.25, -0.2) is 10.4 Å². The Bertz CT molecular complexity index is 1330. The number of halogens is 1. The number of para-hydroxylation sites is 3. The Kier molecular flexibility index (Phi) is 8.01. The summed E-state index contributed by atoms with van der Waals surface area (Å²) in [7, 11) is 1.63. The van der Waals surface area contributed by atoms with E-state index in [1.54, 1.807) is 13.2 Å². The second-order valence-electron chi connectivity index (χ2n) is 7.30. The number of hydrogen-bond acceptors (Lipinski definition) is 5. The summed E-state index contributed by atoms with van der Waals surface area (Å²) >= 11 is 7.40. The first-order valence-corrected chi connectivity index (χ1v) is 11.9. The molecule has 0 spiro atoms. The lowest BCUT2D eigenvalue weighted by Crippen LogP contribution is -2.19. The first-order chi connectivity index (χ1) is 16.6. The number of thioether (sulfide) groups is 1. The van der Waals surface area contributed by atoms with Crippen LogP contribution in [0.1, 0.15) is 11.1 Å². The number of nitrogens with zero attached hydrogens (tertiary/aromatic N) is 3. The summed E-state index contributed by atoms with van der Waals surface area (Å²) in [5.74, 6) is 0.753. The van der Waals surface area contributed by atoms with Crippen molar-refractivity contribution in [2.24, 2.45) is 5.10 Å². The lowest BCUT2D eigenvalue weighted by molar-refractivity contribution is -0.118. The average Bonchev–Trinajstić information content (AvgIpc) is 3.21. The van der Waals surface area contributed by atoms with Gasteiger partial charge < -0.3 is 9.30 Å². The predicted octanol–water partition coefficient (Wildman–Crippen LogP) is 5.65. The molecule has 1 amide bonds. The van der Waals surface area contributed by atoms with Crippen LogP contribution >= 0.6 is 23.4 Å². The van der Waals surface area contributed by atoms with E-state index in [4.69, 9.17) is 21.3 Å². The van der Waals surface area contributed by atoms with Crippen molar-refractivity contribution in [2.45, 2.75) is 11.7 Å². The minimum atomic E-state index is -0.211. The van der Waals surface area contributed by atoms with E-state index in [0.29, 0.717) is 11.6 Å². The van der Waals surface area contributed by atoms with Crippen LogP contribution in [0.4, 0.5) is 0 Å². The molecule has 0 saturated carbocycles. The van der Waals surface area contributed by atoms with E-state index in [1.807, 2.05) is 78.9 Å². The van der Waals surface area contributed by atoms with Gasteiger partial charge >= 0.3 is 0 Å². The molecule has 0 bridgehead atoms. The van der Waals surface area contributed by atoms with E-state index in [-0.39, 0.29) is 11.7 Å². The van der Waals surface area contributed by atoms with Crippen molar-refractivity contribution in [1.82, 2.24) is 15.0 Å². The summed E-state index contributed by atoms with van der Waals surface area (Å²) in [5, 5.41) is 5.46. The molecule has 0 aliphatic carbocycles. The number of ether oxygens (including phenoxy) is 1. The zero-order valence-electron chi connectivity index (χ0n) is 18.5. The van der Waals surface area contributed by atoms with Crippen LogP contribution in [-0.2, 0) is 11.3 Å². The number of hydrogen-bond donors (Lipinski definition) is 1. The fourth-order valence-corrected chi connectivity index (χ4v) is 4.29. The average molecular weight is 491 g/mol. The largest absolute Gasteiger partial charge is 0.496 e. The van der Waals surface area contributed by atoms with Crippen LogP contribution in [-0.4, -0.2) is 34.5 Å². The number of carbonyl (C=O) groups excluding carboxylic acids is 1. The Labute approximate surface area is 207 Å². The predicted molar refractivity (Wildman–Crippen MR) is 140 cm³/mol. The van der Waals surface area contributed by atoms with Crippen molar-refractivity contribution < 1.29 is 9.53 Å². The molecule has 6 nitrogen and oxygen atoms in total.